The second-order valence-corrected chi connectivity index (χ2v) is 6.10. The average Bonchev–Trinajstić information content (AvgIpc) is 2.55. The molecule has 0 aromatic heterocycles. The normalized spacial score (nSPS) is 13.3. The number of rotatable bonds is 8. The van der Waals surface area contributed by atoms with Gasteiger partial charge in [-0.25, -0.2) is 0 Å². The molecule has 1 aromatic carbocycles. The van der Waals surface area contributed by atoms with Crippen LogP contribution in [0.4, 0.5) is 0 Å². The van der Waals surface area contributed by atoms with Crippen LogP contribution in [-0.2, 0) is 16.1 Å². The fourth-order valence-electron chi connectivity index (χ4n) is 2.45. The lowest BCUT2D eigenvalue weighted by Gasteiger charge is -2.31. The minimum atomic E-state index is -0.419. The van der Waals surface area contributed by atoms with Crippen LogP contribution in [0.3, 0.4) is 0 Å². The van der Waals surface area contributed by atoms with Crippen molar-refractivity contribution in [3.8, 4) is 0 Å². The molecule has 0 aliphatic carbocycles. The Kier molecular flexibility index (Phi) is 7.79. The smallest absolute Gasteiger partial charge is 0.243 e. The molecule has 1 N–H and O–H groups in total. The lowest BCUT2D eigenvalue weighted by Crippen LogP contribution is -2.50. The topological polar surface area (TPSA) is 49.4 Å². The van der Waals surface area contributed by atoms with E-state index >= 15 is 0 Å². The van der Waals surface area contributed by atoms with Gasteiger partial charge in [-0.1, -0.05) is 50.6 Å². The molecule has 4 heteroatoms. The van der Waals surface area contributed by atoms with Gasteiger partial charge in [0.25, 0.3) is 0 Å². The van der Waals surface area contributed by atoms with Gasteiger partial charge in [-0.3, -0.25) is 9.59 Å². The zero-order chi connectivity index (χ0) is 17.4. The molecule has 0 spiro atoms. The van der Waals surface area contributed by atoms with Gasteiger partial charge in [0.05, 0.1) is 0 Å². The van der Waals surface area contributed by atoms with Crippen LogP contribution in [0, 0.1) is 6.92 Å². The Hall–Kier alpha value is -1.84. The molecule has 0 fully saturated rings. The summed E-state index contributed by atoms with van der Waals surface area (Å²) in [6.07, 6.45) is 1.89. The van der Waals surface area contributed by atoms with Crippen molar-refractivity contribution in [1.82, 2.24) is 10.2 Å². The van der Waals surface area contributed by atoms with Crippen LogP contribution in [0.15, 0.2) is 24.3 Å². The van der Waals surface area contributed by atoms with Crippen LogP contribution in [0.5, 0.6) is 0 Å². The summed E-state index contributed by atoms with van der Waals surface area (Å²) >= 11 is 0. The number of nitrogens with one attached hydrogen (secondary N) is 1. The third-order valence-corrected chi connectivity index (χ3v) is 4.16. The molecule has 0 unspecified atom stereocenters. The second kappa shape index (κ2) is 9.33. The molecule has 0 aliphatic heterocycles. The number of carbonyl (C=O) groups excluding carboxylic acids is 2. The van der Waals surface area contributed by atoms with Crippen molar-refractivity contribution in [2.75, 3.05) is 0 Å². The largest absolute Gasteiger partial charge is 0.352 e. The number of benzene rings is 1. The number of hydrogen-bond acceptors (Lipinski definition) is 2. The maximum Gasteiger partial charge on any atom is 0.243 e. The SMILES string of the molecule is CCC(=O)N(Cc1ccc(C)cc1)[C@H](CC)C(=O)N[C@@H](C)CC. The molecule has 0 radical (unpaired) electrons. The zero-order valence-corrected chi connectivity index (χ0v) is 15.1. The number of hydrogen-bond donors (Lipinski definition) is 1. The molecule has 2 amide bonds. The first-order valence-corrected chi connectivity index (χ1v) is 8.58. The molecular weight excluding hydrogens is 288 g/mol. The van der Waals surface area contributed by atoms with E-state index < -0.39 is 6.04 Å². The maximum atomic E-state index is 12.5. The van der Waals surface area contributed by atoms with Crippen molar-refractivity contribution in [2.24, 2.45) is 0 Å². The maximum absolute atomic E-state index is 12.5. The van der Waals surface area contributed by atoms with Crippen LogP contribution in [0.25, 0.3) is 0 Å². The summed E-state index contributed by atoms with van der Waals surface area (Å²) in [5.41, 5.74) is 2.23. The fourth-order valence-corrected chi connectivity index (χ4v) is 2.45. The van der Waals surface area contributed by atoms with Gasteiger partial charge in [-0.05, 0) is 32.3 Å². The summed E-state index contributed by atoms with van der Waals surface area (Å²) < 4.78 is 0. The lowest BCUT2D eigenvalue weighted by molar-refractivity contribution is -0.141. The van der Waals surface area contributed by atoms with Gasteiger partial charge in [0.15, 0.2) is 0 Å². The monoisotopic (exact) mass is 318 g/mol. The molecule has 0 heterocycles. The standard InChI is InChI=1S/C19H30N2O2/c1-6-15(5)20-19(23)17(7-2)21(18(22)8-3)13-16-11-9-14(4)10-12-16/h9-12,15,17H,6-8,13H2,1-5H3,(H,20,23)/t15-,17+/m0/s1. The Bertz CT molecular complexity index is 511. The van der Waals surface area contributed by atoms with E-state index in [0.29, 0.717) is 19.4 Å². The van der Waals surface area contributed by atoms with Crippen molar-refractivity contribution in [1.29, 1.82) is 0 Å². The van der Waals surface area contributed by atoms with Gasteiger partial charge in [-0.15, -0.1) is 0 Å². The highest BCUT2D eigenvalue weighted by Gasteiger charge is 2.28. The fraction of sp³-hybridized carbons (Fsp3) is 0.579. The second-order valence-electron chi connectivity index (χ2n) is 6.10. The summed E-state index contributed by atoms with van der Waals surface area (Å²) in [7, 11) is 0. The first kappa shape index (κ1) is 19.2. The summed E-state index contributed by atoms with van der Waals surface area (Å²) in [6.45, 7) is 10.3. The highest BCUT2D eigenvalue weighted by atomic mass is 16.2. The van der Waals surface area contributed by atoms with Gasteiger partial charge in [0.2, 0.25) is 11.8 Å². The summed E-state index contributed by atoms with van der Waals surface area (Å²) in [5, 5.41) is 3.00. The third-order valence-electron chi connectivity index (χ3n) is 4.16. The Morgan fingerprint density at radius 2 is 1.70 bits per heavy atom. The van der Waals surface area contributed by atoms with Crippen molar-refractivity contribution < 1.29 is 9.59 Å². The van der Waals surface area contributed by atoms with Gasteiger partial charge < -0.3 is 10.2 Å². The molecule has 23 heavy (non-hydrogen) atoms. The minimum absolute atomic E-state index is 0.0109. The van der Waals surface area contributed by atoms with Crippen LogP contribution in [0.2, 0.25) is 0 Å². The summed E-state index contributed by atoms with van der Waals surface area (Å²) in [4.78, 5) is 26.6. The van der Waals surface area contributed by atoms with Crippen molar-refractivity contribution >= 4 is 11.8 Å². The predicted molar refractivity (Wildman–Crippen MR) is 94.0 cm³/mol. The Morgan fingerprint density at radius 3 is 2.17 bits per heavy atom. The molecule has 0 bridgehead atoms. The van der Waals surface area contributed by atoms with Gasteiger partial charge in [0, 0.05) is 19.0 Å². The van der Waals surface area contributed by atoms with Crippen molar-refractivity contribution in [2.45, 2.75) is 72.5 Å². The van der Waals surface area contributed by atoms with Crippen LogP contribution in [-0.4, -0.2) is 28.8 Å². The van der Waals surface area contributed by atoms with Gasteiger partial charge in [0.1, 0.15) is 6.04 Å². The first-order chi connectivity index (χ1) is 10.9. The summed E-state index contributed by atoms with van der Waals surface area (Å²) in [6, 6.07) is 7.80. The summed E-state index contributed by atoms with van der Waals surface area (Å²) in [5.74, 6) is -0.0486. The molecule has 0 saturated heterocycles. The highest BCUT2D eigenvalue weighted by molar-refractivity contribution is 5.87. The number of nitrogens with zero attached hydrogens (tertiary/aromatic N) is 1. The molecule has 4 nitrogen and oxygen atoms in total. The van der Waals surface area contributed by atoms with E-state index in [9.17, 15) is 9.59 Å². The van der Waals surface area contributed by atoms with E-state index in [4.69, 9.17) is 0 Å². The van der Waals surface area contributed by atoms with E-state index in [2.05, 4.69) is 5.32 Å². The highest BCUT2D eigenvalue weighted by Crippen LogP contribution is 2.14. The molecule has 2 atom stereocenters. The van der Waals surface area contributed by atoms with Crippen LogP contribution >= 0.6 is 0 Å². The quantitative estimate of drug-likeness (QED) is 0.798. The van der Waals surface area contributed by atoms with Crippen LogP contribution in [0.1, 0.15) is 58.1 Å². The van der Waals surface area contributed by atoms with Gasteiger partial charge >= 0.3 is 0 Å². The van der Waals surface area contributed by atoms with E-state index in [1.165, 1.54) is 5.56 Å². The lowest BCUT2D eigenvalue weighted by atomic mass is 10.1. The molecule has 0 aliphatic rings. The molecule has 1 rings (SSSR count). The van der Waals surface area contributed by atoms with E-state index in [0.717, 1.165) is 12.0 Å². The van der Waals surface area contributed by atoms with Crippen molar-refractivity contribution in [3.63, 3.8) is 0 Å². The first-order valence-electron chi connectivity index (χ1n) is 8.58. The molecular formula is C19H30N2O2. The minimum Gasteiger partial charge on any atom is -0.352 e. The Balaban J connectivity index is 2.95. The van der Waals surface area contributed by atoms with Crippen LogP contribution < -0.4 is 5.32 Å². The molecule has 0 saturated carbocycles. The Morgan fingerprint density at radius 1 is 1.09 bits per heavy atom. The molecule has 128 valence electrons. The van der Waals surface area contributed by atoms with Crippen molar-refractivity contribution in [3.05, 3.63) is 35.4 Å². The van der Waals surface area contributed by atoms with E-state index in [1.807, 2.05) is 58.9 Å². The average molecular weight is 318 g/mol. The number of aryl methyl sites for hydroxylation is 1. The van der Waals surface area contributed by atoms with E-state index in [-0.39, 0.29) is 17.9 Å². The van der Waals surface area contributed by atoms with Gasteiger partial charge in [-0.2, -0.15) is 0 Å². The third kappa shape index (κ3) is 5.70. The number of amides is 2. The predicted octanol–water partition coefficient (Wildman–Crippen LogP) is 3.43. The molecule has 1 aromatic rings. The number of carbonyl (C=O) groups is 2. The zero-order valence-electron chi connectivity index (χ0n) is 15.1. The van der Waals surface area contributed by atoms with E-state index in [1.54, 1.807) is 4.90 Å². The Labute approximate surface area is 140 Å².